The largest absolute Gasteiger partial charge is 0.346 e. The highest BCUT2D eigenvalue weighted by atomic mass is 32.1. The van der Waals surface area contributed by atoms with E-state index >= 15 is 0 Å². The van der Waals surface area contributed by atoms with Crippen LogP contribution >= 0.6 is 11.3 Å². The van der Waals surface area contributed by atoms with Crippen molar-refractivity contribution >= 4 is 33.2 Å². The Kier molecular flexibility index (Phi) is 5.74. The number of carbonyl (C=O) groups is 2. The zero-order chi connectivity index (χ0) is 17.0. The summed E-state index contributed by atoms with van der Waals surface area (Å²) in [7, 11) is 1.74. The topological polar surface area (TPSA) is 75.4 Å². The maximum Gasteiger partial charge on any atom is 0.242 e. The van der Waals surface area contributed by atoms with Crippen LogP contribution in [0.2, 0.25) is 0 Å². The predicted octanol–water partition coefficient (Wildman–Crippen LogP) is 1.96. The van der Waals surface area contributed by atoms with Gasteiger partial charge in [-0.1, -0.05) is 32.0 Å². The van der Waals surface area contributed by atoms with E-state index in [1.54, 1.807) is 23.3 Å². The zero-order valence-corrected chi connectivity index (χ0v) is 14.5. The van der Waals surface area contributed by atoms with Crippen LogP contribution in [0.1, 0.15) is 19.4 Å². The molecule has 2 rings (SSSR count). The molecule has 0 spiro atoms. The van der Waals surface area contributed by atoms with Crippen molar-refractivity contribution in [3.8, 4) is 0 Å². The summed E-state index contributed by atoms with van der Waals surface area (Å²) in [5, 5.41) is 5.85. The molecule has 1 atom stereocenters. The quantitative estimate of drug-likeness (QED) is 0.848. The Morgan fingerprint density at radius 1 is 1.30 bits per heavy atom. The molecule has 6 heteroatoms. The first kappa shape index (κ1) is 17.4. The molecule has 0 bridgehead atoms. The van der Waals surface area contributed by atoms with Gasteiger partial charge in [0.15, 0.2) is 0 Å². The molecule has 23 heavy (non-hydrogen) atoms. The van der Waals surface area contributed by atoms with Crippen molar-refractivity contribution in [1.82, 2.24) is 10.2 Å². The van der Waals surface area contributed by atoms with Gasteiger partial charge in [0.2, 0.25) is 11.8 Å². The lowest BCUT2D eigenvalue weighted by Crippen LogP contribution is -2.47. The molecule has 0 aliphatic carbocycles. The number of nitrogens with zero attached hydrogens (tertiary/aromatic N) is 1. The van der Waals surface area contributed by atoms with Gasteiger partial charge in [-0.3, -0.25) is 9.59 Å². The molecule has 0 fully saturated rings. The van der Waals surface area contributed by atoms with Crippen molar-refractivity contribution < 1.29 is 9.59 Å². The van der Waals surface area contributed by atoms with Gasteiger partial charge in [0.25, 0.3) is 0 Å². The minimum atomic E-state index is -0.589. The van der Waals surface area contributed by atoms with E-state index < -0.39 is 6.04 Å². The molecular formula is C17H23N3O2S. The summed E-state index contributed by atoms with van der Waals surface area (Å²) >= 11 is 1.67. The molecule has 1 aromatic heterocycles. The molecule has 0 saturated heterocycles. The second-order valence-electron chi connectivity index (χ2n) is 5.99. The van der Waals surface area contributed by atoms with Gasteiger partial charge in [-0.25, -0.2) is 0 Å². The summed E-state index contributed by atoms with van der Waals surface area (Å²) < 4.78 is 1.21. The van der Waals surface area contributed by atoms with Crippen LogP contribution in [-0.4, -0.2) is 36.3 Å². The first-order valence-electron chi connectivity index (χ1n) is 7.62. The van der Waals surface area contributed by atoms with Gasteiger partial charge in [0.05, 0.1) is 12.6 Å². The lowest BCUT2D eigenvalue weighted by Gasteiger charge is -2.19. The summed E-state index contributed by atoms with van der Waals surface area (Å²) in [5.74, 6) is -0.382. The number of fused-ring (bicyclic) bond motifs is 1. The summed E-state index contributed by atoms with van der Waals surface area (Å²) in [5.41, 5.74) is 6.88. The molecule has 0 aliphatic rings. The summed E-state index contributed by atoms with van der Waals surface area (Å²) in [6, 6.07) is 7.54. The van der Waals surface area contributed by atoms with Crippen molar-refractivity contribution in [1.29, 1.82) is 0 Å². The van der Waals surface area contributed by atoms with E-state index in [9.17, 15) is 9.59 Å². The molecule has 1 heterocycles. The van der Waals surface area contributed by atoms with Gasteiger partial charge >= 0.3 is 0 Å². The fourth-order valence-electron chi connectivity index (χ4n) is 2.22. The Balaban J connectivity index is 1.91. The van der Waals surface area contributed by atoms with E-state index in [0.29, 0.717) is 6.54 Å². The summed E-state index contributed by atoms with van der Waals surface area (Å²) in [4.78, 5) is 25.6. The number of thiophene rings is 1. The molecule has 0 unspecified atom stereocenters. The Labute approximate surface area is 140 Å². The Morgan fingerprint density at radius 3 is 2.70 bits per heavy atom. The molecule has 1 aromatic carbocycles. The van der Waals surface area contributed by atoms with E-state index in [0.717, 1.165) is 5.56 Å². The standard InChI is InChI=1S/C17H23N3O2S/c1-11(2)16(18)17(22)19-8-15(21)20(3)9-12-10-23-14-7-5-4-6-13(12)14/h4-7,10-11,16H,8-9,18H2,1-3H3,(H,19,22)/t16-/m0/s1. The van der Waals surface area contributed by atoms with Gasteiger partial charge in [-0.15, -0.1) is 11.3 Å². The third kappa shape index (κ3) is 4.30. The van der Waals surface area contributed by atoms with E-state index in [1.165, 1.54) is 10.1 Å². The second-order valence-corrected chi connectivity index (χ2v) is 6.91. The molecule has 0 radical (unpaired) electrons. The number of carbonyl (C=O) groups excluding carboxylic acids is 2. The fraction of sp³-hybridized carbons (Fsp3) is 0.412. The fourth-order valence-corrected chi connectivity index (χ4v) is 3.17. The highest BCUT2D eigenvalue weighted by molar-refractivity contribution is 7.17. The lowest BCUT2D eigenvalue weighted by molar-refractivity contribution is -0.132. The van der Waals surface area contributed by atoms with Gasteiger partial charge < -0.3 is 16.0 Å². The van der Waals surface area contributed by atoms with Crippen LogP contribution in [0, 0.1) is 5.92 Å². The van der Waals surface area contributed by atoms with Crippen LogP contribution in [0.4, 0.5) is 0 Å². The minimum absolute atomic E-state index is 0.0299. The SMILES string of the molecule is CC(C)[C@H](N)C(=O)NCC(=O)N(C)Cc1csc2ccccc12. The number of likely N-dealkylation sites (N-methyl/N-ethyl adjacent to an activating group) is 1. The number of rotatable bonds is 6. The number of benzene rings is 1. The monoisotopic (exact) mass is 333 g/mol. The Morgan fingerprint density at radius 2 is 2.00 bits per heavy atom. The summed E-state index contributed by atoms with van der Waals surface area (Å²) in [6.45, 7) is 4.24. The maximum absolute atomic E-state index is 12.2. The third-order valence-electron chi connectivity index (χ3n) is 3.83. The number of hydrogen-bond donors (Lipinski definition) is 2. The minimum Gasteiger partial charge on any atom is -0.346 e. The van der Waals surface area contributed by atoms with Crippen molar-refractivity contribution in [3.05, 3.63) is 35.2 Å². The normalized spacial score (nSPS) is 12.4. The molecule has 2 amide bonds. The van der Waals surface area contributed by atoms with E-state index in [2.05, 4.69) is 22.8 Å². The highest BCUT2D eigenvalue weighted by Gasteiger charge is 2.19. The van der Waals surface area contributed by atoms with E-state index in [-0.39, 0.29) is 24.3 Å². The predicted molar refractivity (Wildman–Crippen MR) is 94.1 cm³/mol. The van der Waals surface area contributed by atoms with Crippen molar-refractivity contribution in [2.75, 3.05) is 13.6 Å². The van der Waals surface area contributed by atoms with Gasteiger partial charge in [-0.2, -0.15) is 0 Å². The van der Waals surface area contributed by atoms with Crippen LogP contribution in [0.15, 0.2) is 29.6 Å². The molecule has 0 saturated carbocycles. The summed E-state index contributed by atoms with van der Waals surface area (Å²) in [6.07, 6.45) is 0. The van der Waals surface area contributed by atoms with Gasteiger partial charge in [0, 0.05) is 18.3 Å². The molecule has 5 nitrogen and oxygen atoms in total. The number of nitrogens with two attached hydrogens (primary N) is 1. The second kappa shape index (κ2) is 7.57. The maximum atomic E-state index is 12.2. The van der Waals surface area contributed by atoms with Crippen LogP contribution in [0.5, 0.6) is 0 Å². The zero-order valence-electron chi connectivity index (χ0n) is 13.7. The number of amides is 2. The molecular weight excluding hydrogens is 310 g/mol. The molecule has 0 aliphatic heterocycles. The van der Waals surface area contributed by atoms with Crippen LogP contribution in [-0.2, 0) is 16.1 Å². The first-order valence-corrected chi connectivity index (χ1v) is 8.50. The molecule has 3 N–H and O–H groups in total. The van der Waals surface area contributed by atoms with Crippen molar-refractivity contribution in [3.63, 3.8) is 0 Å². The Bertz CT molecular complexity index is 696. The van der Waals surface area contributed by atoms with Crippen LogP contribution in [0.3, 0.4) is 0 Å². The van der Waals surface area contributed by atoms with E-state index in [1.807, 2.05) is 26.0 Å². The molecule has 124 valence electrons. The number of hydrogen-bond acceptors (Lipinski definition) is 4. The van der Waals surface area contributed by atoms with Gasteiger partial charge in [0.1, 0.15) is 0 Å². The third-order valence-corrected chi connectivity index (χ3v) is 4.84. The average Bonchev–Trinajstić information content (AvgIpc) is 2.94. The smallest absolute Gasteiger partial charge is 0.242 e. The van der Waals surface area contributed by atoms with E-state index in [4.69, 9.17) is 5.73 Å². The first-order chi connectivity index (χ1) is 10.9. The highest BCUT2D eigenvalue weighted by Crippen LogP contribution is 2.26. The number of nitrogens with one attached hydrogen (secondary N) is 1. The molecule has 2 aromatic rings. The van der Waals surface area contributed by atoms with Crippen molar-refractivity contribution in [2.45, 2.75) is 26.4 Å². The van der Waals surface area contributed by atoms with Crippen LogP contribution < -0.4 is 11.1 Å². The lowest BCUT2D eigenvalue weighted by atomic mass is 10.1. The van der Waals surface area contributed by atoms with Crippen LogP contribution in [0.25, 0.3) is 10.1 Å². The average molecular weight is 333 g/mol. The van der Waals surface area contributed by atoms with Gasteiger partial charge in [-0.05, 0) is 28.3 Å². The van der Waals surface area contributed by atoms with Crippen molar-refractivity contribution in [2.24, 2.45) is 11.7 Å². The Hall–Kier alpha value is -1.92.